The molecule has 0 aromatic heterocycles. The van der Waals surface area contributed by atoms with E-state index in [0.29, 0.717) is 30.1 Å². The molecule has 108 valence electrons. The van der Waals surface area contributed by atoms with Gasteiger partial charge in [0.2, 0.25) is 0 Å². The van der Waals surface area contributed by atoms with E-state index in [0.717, 1.165) is 0 Å². The third-order valence-corrected chi connectivity index (χ3v) is 3.06. The molecule has 0 aliphatic rings. The number of alkyl halides is 2. The lowest BCUT2D eigenvalue weighted by Gasteiger charge is -2.22. The lowest BCUT2D eigenvalue weighted by Crippen LogP contribution is -2.36. The second kappa shape index (κ2) is 7.03. The fraction of sp³-hybridized carbons (Fsp3) is 0.538. The summed E-state index contributed by atoms with van der Waals surface area (Å²) in [6.07, 6.45) is 0.593. The highest BCUT2D eigenvalue weighted by atomic mass is 35.5. The van der Waals surface area contributed by atoms with Crippen LogP contribution < -0.4 is 10.1 Å². The summed E-state index contributed by atoms with van der Waals surface area (Å²) in [5.41, 5.74) is -0.304. The van der Waals surface area contributed by atoms with Gasteiger partial charge in [-0.1, -0.05) is 18.5 Å². The zero-order valence-corrected chi connectivity index (χ0v) is 11.7. The average Bonchev–Trinajstić information content (AvgIpc) is 2.32. The number of halogens is 3. The van der Waals surface area contributed by atoms with Crippen molar-refractivity contribution in [1.82, 2.24) is 5.32 Å². The van der Waals surface area contributed by atoms with Crippen LogP contribution in [0.2, 0.25) is 5.02 Å². The standard InChI is InChI=1S/C13H18ClF2NO2/c1-3-13(2,18)8-17-7-9-6-10(14)4-5-11(9)19-12(15)16/h4-6,12,17-18H,3,7-8H2,1-2H3. The summed E-state index contributed by atoms with van der Waals surface area (Å²) >= 11 is 5.83. The van der Waals surface area contributed by atoms with E-state index in [1.54, 1.807) is 13.0 Å². The first kappa shape index (κ1) is 16.1. The Morgan fingerprint density at radius 2 is 2.16 bits per heavy atom. The third kappa shape index (κ3) is 5.72. The summed E-state index contributed by atoms with van der Waals surface area (Å²) in [7, 11) is 0. The highest BCUT2D eigenvalue weighted by Crippen LogP contribution is 2.24. The molecule has 0 heterocycles. The van der Waals surface area contributed by atoms with Gasteiger partial charge in [0.25, 0.3) is 0 Å². The number of hydrogen-bond donors (Lipinski definition) is 2. The van der Waals surface area contributed by atoms with Crippen LogP contribution in [0.1, 0.15) is 25.8 Å². The molecule has 0 fully saturated rings. The summed E-state index contributed by atoms with van der Waals surface area (Å²) in [5.74, 6) is 0.0861. The molecule has 19 heavy (non-hydrogen) atoms. The van der Waals surface area contributed by atoms with E-state index in [1.807, 2.05) is 6.92 Å². The van der Waals surface area contributed by atoms with E-state index >= 15 is 0 Å². The van der Waals surface area contributed by atoms with Crippen LogP contribution in [0.15, 0.2) is 18.2 Å². The first-order valence-electron chi connectivity index (χ1n) is 6.00. The molecule has 1 aromatic rings. The fourth-order valence-electron chi connectivity index (χ4n) is 1.49. The zero-order chi connectivity index (χ0) is 14.5. The van der Waals surface area contributed by atoms with Gasteiger partial charge in [0, 0.05) is 23.7 Å². The maximum atomic E-state index is 12.3. The Kier molecular flexibility index (Phi) is 5.97. The zero-order valence-electron chi connectivity index (χ0n) is 10.9. The molecule has 0 spiro atoms. The monoisotopic (exact) mass is 293 g/mol. The molecule has 1 unspecified atom stereocenters. The van der Waals surface area contributed by atoms with Crippen molar-refractivity contribution in [1.29, 1.82) is 0 Å². The van der Waals surface area contributed by atoms with Crippen LogP contribution in [0.3, 0.4) is 0 Å². The van der Waals surface area contributed by atoms with Gasteiger partial charge in [0.1, 0.15) is 5.75 Å². The van der Waals surface area contributed by atoms with Crippen LogP contribution in [0.5, 0.6) is 5.75 Å². The molecule has 0 amide bonds. The minimum Gasteiger partial charge on any atom is -0.434 e. The predicted octanol–water partition coefficient (Wildman–Crippen LogP) is 3.19. The average molecular weight is 294 g/mol. The number of hydrogen-bond acceptors (Lipinski definition) is 3. The van der Waals surface area contributed by atoms with Crippen LogP contribution in [-0.4, -0.2) is 23.9 Å². The van der Waals surface area contributed by atoms with Gasteiger partial charge in [-0.05, 0) is 31.5 Å². The Morgan fingerprint density at radius 1 is 1.47 bits per heavy atom. The minimum absolute atomic E-state index is 0.0861. The van der Waals surface area contributed by atoms with Crippen molar-refractivity contribution in [2.75, 3.05) is 6.54 Å². The highest BCUT2D eigenvalue weighted by molar-refractivity contribution is 6.30. The van der Waals surface area contributed by atoms with Crippen molar-refractivity contribution in [3.05, 3.63) is 28.8 Å². The van der Waals surface area contributed by atoms with Crippen LogP contribution in [0.25, 0.3) is 0 Å². The molecule has 3 nitrogen and oxygen atoms in total. The van der Waals surface area contributed by atoms with Gasteiger partial charge in [0.05, 0.1) is 5.60 Å². The van der Waals surface area contributed by atoms with E-state index in [9.17, 15) is 13.9 Å². The van der Waals surface area contributed by atoms with Crippen molar-refractivity contribution >= 4 is 11.6 Å². The summed E-state index contributed by atoms with van der Waals surface area (Å²) in [6.45, 7) is 1.34. The molecule has 6 heteroatoms. The molecule has 1 rings (SSSR count). The Balaban J connectivity index is 2.68. The van der Waals surface area contributed by atoms with Gasteiger partial charge in [0.15, 0.2) is 0 Å². The van der Waals surface area contributed by atoms with Crippen LogP contribution in [0, 0.1) is 0 Å². The molecule has 0 aliphatic heterocycles. The summed E-state index contributed by atoms with van der Waals surface area (Å²) in [5, 5.41) is 13.3. The number of benzene rings is 1. The minimum atomic E-state index is -2.88. The largest absolute Gasteiger partial charge is 0.434 e. The van der Waals surface area contributed by atoms with Gasteiger partial charge < -0.3 is 15.2 Å². The summed E-state index contributed by atoms with van der Waals surface area (Å²) in [6, 6.07) is 4.46. The van der Waals surface area contributed by atoms with E-state index < -0.39 is 12.2 Å². The number of rotatable bonds is 7. The lowest BCUT2D eigenvalue weighted by molar-refractivity contribution is -0.0505. The second-order valence-corrected chi connectivity index (χ2v) is 5.02. The molecule has 1 atom stereocenters. The van der Waals surface area contributed by atoms with Gasteiger partial charge in [-0.25, -0.2) is 0 Å². The fourth-order valence-corrected chi connectivity index (χ4v) is 1.68. The van der Waals surface area contributed by atoms with Gasteiger partial charge >= 0.3 is 6.61 Å². The molecule has 0 saturated heterocycles. The van der Waals surface area contributed by atoms with Gasteiger partial charge in [-0.2, -0.15) is 8.78 Å². The SMILES string of the molecule is CCC(C)(O)CNCc1cc(Cl)ccc1OC(F)F. The molecule has 0 bridgehead atoms. The first-order chi connectivity index (χ1) is 8.84. The van der Waals surface area contributed by atoms with Crippen LogP contribution in [0.4, 0.5) is 8.78 Å². The second-order valence-electron chi connectivity index (χ2n) is 4.58. The number of ether oxygens (including phenoxy) is 1. The number of aliphatic hydroxyl groups is 1. The topological polar surface area (TPSA) is 41.5 Å². The predicted molar refractivity (Wildman–Crippen MR) is 70.7 cm³/mol. The van der Waals surface area contributed by atoms with Crippen molar-refractivity contribution in [2.24, 2.45) is 0 Å². The Hall–Kier alpha value is -0.910. The molecular formula is C13H18ClF2NO2. The van der Waals surface area contributed by atoms with Gasteiger partial charge in [-0.3, -0.25) is 0 Å². The Morgan fingerprint density at radius 3 is 2.74 bits per heavy atom. The molecule has 0 aliphatic carbocycles. The molecule has 2 N–H and O–H groups in total. The lowest BCUT2D eigenvalue weighted by atomic mass is 10.0. The van der Waals surface area contributed by atoms with Gasteiger partial charge in [-0.15, -0.1) is 0 Å². The van der Waals surface area contributed by atoms with E-state index in [-0.39, 0.29) is 5.75 Å². The maximum absolute atomic E-state index is 12.3. The van der Waals surface area contributed by atoms with Crippen molar-refractivity contribution < 1.29 is 18.6 Å². The molecule has 0 saturated carbocycles. The Bertz CT molecular complexity index is 414. The van der Waals surface area contributed by atoms with E-state index in [2.05, 4.69) is 10.1 Å². The van der Waals surface area contributed by atoms with Crippen LogP contribution >= 0.6 is 11.6 Å². The highest BCUT2D eigenvalue weighted by Gasteiger charge is 2.17. The van der Waals surface area contributed by atoms with E-state index in [1.165, 1.54) is 12.1 Å². The van der Waals surface area contributed by atoms with Crippen molar-refractivity contribution in [3.8, 4) is 5.75 Å². The van der Waals surface area contributed by atoms with E-state index in [4.69, 9.17) is 11.6 Å². The maximum Gasteiger partial charge on any atom is 0.387 e. The van der Waals surface area contributed by atoms with Crippen molar-refractivity contribution in [2.45, 2.75) is 39.0 Å². The molecular weight excluding hydrogens is 276 g/mol. The van der Waals surface area contributed by atoms with Crippen LogP contribution in [-0.2, 0) is 6.54 Å². The summed E-state index contributed by atoms with van der Waals surface area (Å²) in [4.78, 5) is 0. The number of nitrogens with one attached hydrogen (secondary N) is 1. The first-order valence-corrected chi connectivity index (χ1v) is 6.38. The van der Waals surface area contributed by atoms with Crippen molar-refractivity contribution in [3.63, 3.8) is 0 Å². The Labute approximate surface area is 116 Å². The normalized spacial score (nSPS) is 14.5. The third-order valence-electron chi connectivity index (χ3n) is 2.82. The summed E-state index contributed by atoms with van der Waals surface area (Å²) < 4.78 is 28.9. The smallest absolute Gasteiger partial charge is 0.387 e. The molecule has 1 aromatic carbocycles. The molecule has 0 radical (unpaired) electrons. The quantitative estimate of drug-likeness (QED) is 0.811.